The predicted molar refractivity (Wildman–Crippen MR) is 139 cm³/mol. The van der Waals surface area contributed by atoms with Crippen LogP contribution >= 0.6 is 11.6 Å². The van der Waals surface area contributed by atoms with Crippen LogP contribution in [0.4, 0.5) is 0 Å². The molecule has 0 bridgehead atoms. The molecule has 1 atom stereocenters. The van der Waals surface area contributed by atoms with Crippen LogP contribution in [0.15, 0.2) is 69.9 Å². The van der Waals surface area contributed by atoms with Crippen LogP contribution in [0.5, 0.6) is 11.5 Å². The summed E-state index contributed by atoms with van der Waals surface area (Å²) in [7, 11) is 1.62. The molecular weight excluding hydrogens is 478 g/mol. The fourth-order valence-electron chi connectivity index (χ4n) is 4.70. The van der Waals surface area contributed by atoms with E-state index in [1.54, 1.807) is 24.1 Å². The highest BCUT2D eigenvalue weighted by atomic mass is 35.5. The monoisotopic (exact) mass is 503 g/mol. The van der Waals surface area contributed by atoms with Crippen molar-refractivity contribution in [2.24, 2.45) is 0 Å². The quantitative estimate of drug-likeness (QED) is 0.312. The van der Waals surface area contributed by atoms with Crippen molar-refractivity contribution in [3.05, 3.63) is 104 Å². The summed E-state index contributed by atoms with van der Waals surface area (Å²) in [4.78, 5) is 29.2. The third kappa shape index (κ3) is 4.22. The van der Waals surface area contributed by atoms with Gasteiger partial charge in [0.15, 0.2) is 5.43 Å². The number of hydrogen-bond acceptors (Lipinski definition) is 5. The fourth-order valence-corrected chi connectivity index (χ4v) is 4.86. The summed E-state index contributed by atoms with van der Waals surface area (Å²) in [5.74, 6) is 1.21. The zero-order valence-electron chi connectivity index (χ0n) is 20.3. The molecule has 5 rings (SSSR count). The number of methoxy groups -OCH3 is 1. The lowest BCUT2D eigenvalue weighted by molar-refractivity contribution is 0.0729. The highest BCUT2D eigenvalue weighted by Crippen LogP contribution is 2.39. The van der Waals surface area contributed by atoms with E-state index in [-0.39, 0.29) is 17.1 Å². The molecule has 7 heteroatoms. The van der Waals surface area contributed by atoms with Crippen molar-refractivity contribution in [1.82, 2.24) is 4.90 Å². The largest absolute Gasteiger partial charge is 0.497 e. The van der Waals surface area contributed by atoms with Gasteiger partial charge in [-0.3, -0.25) is 9.59 Å². The Labute approximate surface area is 214 Å². The Morgan fingerprint density at radius 3 is 2.53 bits per heavy atom. The maximum atomic E-state index is 13.8. The van der Waals surface area contributed by atoms with Gasteiger partial charge in [-0.05, 0) is 73.4 Å². The van der Waals surface area contributed by atoms with Gasteiger partial charge in [0.2, 0.25) is 5.76 Å². The van der Waals surface area contributed by atoms with Crippen molar-refractivity contribution in [3.63, 3.8) is 0 Å². The van der Waals surface area contributed by atoms with Gasteiger partial charge in [0.1, 0.15) is 17.1 Å². The number of carbonyl (C=O) groups excluding carboxylic acids is 1. The van der Waals surface area contributed by atoms with Crippen molar-refractivity contribution in [2.75, 3.05) is 20.3 Å². The molecule has 1 aromatic heterocycles. The average molecular weight is 504 g/mol. The fraction of sp³-hybridized carbons (Fsp3) is 0.241. The van der Waals surface area contributed by atoms with E-state index >= 15 is 0 Å². The van der Waals surface area contributed by atoms with Crippen LogP contribution in [0.25, 0.3) is 11.0 Å². The van der Waals surface area contributed by atoms with Crippen molar-refractivity contribution in [3.8, 4) is 11.5 Å². The van der Waals surface area contributed by atoms with Gasteiger partial charge in [0.25, 0.3) is 5.91 Å². The van der Waals surface area contributed by atoms with Gasteiger partial charge < -0.3 is 18.8 Å². The number of nitrogens with zero attached hydrogens (tertiary/aromatic N) is 1. The van der Waals surface area contributed by atoms with E-state index in [9.17, 15) is 9.59 Å². The second-order valence-corrected chi connectivity index (χ2v) is 9.18. The van der Waals surface area contributed by atoms with Gasteiger partial charge in [0, 0.05) is 11.6 Å². The number of hydrogen-bond donors (Lipinski definition) is 0. The number of amides is 1. The maximum Gasteiger partial charge on any atom is 0.290 e. The lowest BCUT2D eigenvalue weighted by Crippen LogP contribution is -2.31. The Morgan fingerprint density at radius 2 is 1.81 bits per heavy atom. The Bertz CT molecular complexity index is 1510. The van der Waals surface area contributed by atoms with E-state index in [0.29, 0.717) is 46.9 Å². The summed E-state index contributed by atoms with van der Waals surface area (Å²) < 4.78 is 17.0. The molecular formula is C29H26ClNO5. The third-order valence-corrected chi connectivity index (χ3v) is 6.94. The first-order chi connectivity index (χ1) is 17.4. The average Bonchev–Trinajstić information content (AvgIpc) is 3.16. The molecule has 3 aromatic carbocycles. The molecule has 0 unspecified atom stereocenters. The van der Waals surface area contributed by atoms with Gasteiger partial charge in [0.05, 0.1) is 30.7 Å². The summed E-state index contributed by atoms with van der Waals surface area (Å²) in [5.41, 5.74) is 3.04. The Kier molecular flexibility index (Phi) is 6.46. The molecule has 0 fully saturated rings. The topological polar surface area (TPSA) is 69.0 Å². The van der Waals surface area contributed by atoms with E-state index < -0.39 is 6.04 Å². The second kappa shape index (κ2) is 9.70. The van der Waals surface area contributed by atoms with Gasteiger partial charge in [-0.25, -0.2) is 0 Å². The molecule has 0 saturated carbocycles. The summed E-state index contributed by atoms with van der Waals surface area (Å²) in [6.45, 7) is 4.65. The first-order valence-corrected chi connectivity index (χ1v) is 12.2. The Hall–Kier alpha value is -3.77. The van der Waals surface area contributed by atoms with E-state index in [1.165, 1.54) is 0 Å². The number of aryl methyl sites for hydroxylation is 1. The highest BCUT2D eigenvalue weighted by Gasteiger charge is 2.42. The first-order valence-electron chi connectivity index (χ1n) is 11.8. The second-order valence-electron chi connectivity index (χ2n) is 8.78. The van der Waals surface area contributed by atoms with Crippen LogP contribution in [0.3, 0.4) is 0 Å². The first kappa shape index (κ1) is 23.9. The summed E-state index contributed by atoms with van der Waals surface area (Å²) in [6, 6.07) is 18.0. The van der Waals surface area contributed by atoms with Crippen LogP contribution in [0.1, 0.15) is 45.8 Å². The van der Waals surface area contributed by atoms with E-state index in [0.717, 1.165) is 22.4 Å². The number of fused-ring (bicyclic) bond motifs is 2. The van der Waals surface area contributed by atoms with Crippen molar-refractivity contribution in [1.29, 1.82) is 0 Å². The molecule has 184 valence electrons. The zero-order valence-corrected chi connectivity index (χ0v) is 21.1. The lowest BCUT2D eigenvalue weighted by Gasteiger charge is -2.25. The molecule has 0 aliphatic carbocycles. The number of benzene rings is 3. The molecule has 0 spiro atoms. The minimum absolute atomic E-state index is 0.0794. The minimum Gasteiger partial charge on any atom is -0.497 e. The molecule has 1 aliphatic heterocycles. The summed E-state index contributed by atoms with van der Waals surface area (Å²) in [5, 5.41) is 0.838. The van der Waals surface area contributed by atoms with Gasteiger partial charge in [-0.2, -0.15) is 0 Å². The molecule has 1 aliphatic rings. The van der Waals surface area contributed by atoms with Crippen LogP contribution in [-0.4, -0.2) is 31.1 Å². The van der Waals surface area contributed by atoms with Crippen LogP contribution in [0, 0.1) is 6.92 Å². The standard InChI is InChI=1S/C29H26ClNO5/c1-4-35-21-7-5-6-19(15-21)26-25-27(32)22-16-23(30)17(2)14-24(22)36-28(25)29(33)31(26)13-12-18-8-10-20(34-3)11-9-18/h5-11,14-16,26H,4,12-13H2,1-3H3/t26-/m0/s1. The highest BCUT2D eigenvalue weighted by molar-refractivity contribution is 6.32. The number of ether oxygens (including phenoxy) is 2. The van der Waals surface area contributed by atoms with Crippen LogP contribution < -0.4 is 14.9 Å². The van der Waals surface area contributed by atoms with E-state index in [4.69, 9.17) is 25.5 Å². The molecule has 0 radical (unpaired) electrons. The molecule has 2 heterocycles. The maximum absolute atomic E-state index is 13.8. The normalized spacial score (nSPS) is 14.8. The Balaban J connectivity index is 1.62. The predicted octanol–water partition coefficient (Wildman–Crippen LogP) is 5.95. The third-order valence-electron chi connectivity index (χ3n) is 6.53. The number of rotatable bonds is 7. The molecule has 1 amide bonds. The Morgan fingerprint density at radius 1 is 1.03 bits per heavy atom. The number of carbonyl (C=O) groups is 1. The summed E-state index contributed by atoms with van der Waals surface area (Å²) in [6.07, 6.45) is 0.601. The molecule has 4 aromatic rings. The van der Waals surface area contributed by atoms with Gasteiger partial charge in [-0.1, -0.05) is 35.9 Å². The zero-order chi connectivity index (χ0) is 25.4. The lowest BCUT2D eigenvalue weighted by atomic mass is 9.97. The SMILES string of the molecule is CCOc1cccc([C@H]2c3c(oc4cc(C)c(Cl)cc4c3=O)C(=O)N2CCc2ccc(OC)cc2)c1. The van der Waals surface area contributed by atoms with Crippen molar-refractivity contribution < 1.29 is 18.7 Å². The van der Waals surface area contributed by atoms with E-state index in [2.05, 4.69) is 0 Å². The van der Waals surface area contributed by atoms with Crippen molar-refractivity contribution in [2.45, 2.75) is 26.3 Å². The van der Waals surface area contributed by atoms with Gasteiger partial charge >= 0.3 is 0 Å². The van der Waals surface area contributed by atoms with Crippen molar-refractivity contribution >= 4 is 28.5 Å². The molecule has 36 heavy (non-hydrogen) atoms. The van der Waals surface area contributed by atoms with E-state index in [1.807, 2.05) is 62.4 Å². The molecule has 6 nitrogen and oxygen atoms in total. The minimum atomic E-state index is -0.605. The van der Waals surface area contributed by atoms with Crippen LogP contribution in [0.2, 0.25) is 5.02 Å². The number of halogens is 1. The summed E-state index contributed by atoms with van der Waals surface area (Å²) >= 11 is 6.33. The molecule has 0 N–H and O–H groups in total. The van der Waals surface area contributed by atoms with Gasteiger partial charge in [-0.15, -0.1) is 0 Å². The van der Waals surface area contributed by atoms with Crippen LogP contribution in [-0.2, 0) is 6.42 Å². The smallest absolute Gasteiger partial charge is 0.290 e. The molecule has 0 saturated heterocycles.